The van der Waals surface area contributed by atoms with Crippen LogP contribution in [-0.4, -0.2) is 16.8 Å². The molecule has 2 heteroatoms. The largest absolute Gasteiger partial charge is 0.508 e. The van der Waals surface area contributed by atoms with Crippen LogP contribution in [0, 0.1) is 0 Å². The zero-order valence-corrected chi connectivity index (χ0v) is 7.33. The lowest BCUT2D eigenvalue weighted by molar-refractivity contribution is 0.327. The zero-order valence-electron chi connectivity index (χ0n) is 7.33. The Bertz CT molecular complexity index is 353. The van der Waals surface area contributed by atoms with E-state index in [9.17, 15) is 5.11 Å². The minimum atomic E-state index is 0.120. The summed E-state index contributed by atoms with van der Waals surface area (Å²) in [5.74, 6) is 0.366. The highest BCUT2D eigenvalue weighted by atomic mass is 16.3. The fourth-order valence-corrected chi connectivity index (χ4v) is 1.70. The number of phenols is 1. The van der Waals surface area contributed by atoms with Crippen LogP contribution in [0.3, 0.4) is 0 Å². The first-order valence-corrected chi connectivity index (χ1v) is 4.42. The van der Waals surface area contributed by atoms with Gasteiger partial charge in [0.1, 0.15) is 5.75 Å². The normalized spacial score (nSPS) is 15.0. The van der Waals surface area contributed by atoms with Crippen molar-refractivity contribution < 1.29 is 10.2 Å². The summed E-state index contributed by atoms with van der Waals surface area (Å²) in [7, 11) is 0. The third-order valence-electron chi connectivity index (χ3n) is 2.45. The molecule has 2 rings (SSSR count). The summed E-state index contributed by atoms with van der Waals surface area (Å²) in [6.45, 7) is 0.120. The van der Waals surface area contributed by atoms with Crippen LogP contribution >= 0.6 is 0 Å². The van der Waals surface area contributed by atoms with Gasteiger partial charge in [0.25, 0.3) is 0 Å². The van der Waals surface area contributed by atoms with Crippen molar-refractivity contribution in [3.8, 4) is 5.75 Å². The molecule has 0 aliphatic heterocycles. The molecule has 1 aromatic carbocycles. The number of aliphatic hydroxyl groups excluding tert-OH is 1. The van der Waals surface area contributed by atoms with Crippen LogP contribution in [-0.2, 0) is 6.42 Å². The first-order chi connectivity index (χ1) is 6.31. The zero-order chi connectivity index (χ0) is 9.26. The first kappa shape index (κ1) is 8.32. The number of hydrogen-bond donors (Lipinski definition) is 2. The third kappa shape index (κ3) is 1.45. The monoisotopic (exact) mass is 176 g/mol. The molecule has 0 radical (unpaired) electrons. The molecule has 2 N–H and O–H groups in total. The molecule has 0 bridgehead atoms. The van der Waals surface area contributed by atoms with E-state index in [2.05, 4.69) is 0 Å². The second-order valence-corrected chi connectivity index (χ2v) is 3.31. The molecule has 0 unspecified atom stereocenters. The van der Waals surface area contributed by atoms with E-state index in [1.54, 1.807) is 6.07 Å². The molecular formula is C11H12O2. The Labute approximate surface area is 77.1 Å². The minimum Gasteiger partial charge on any atom is -0.508 e. The number of benzene rings is 1. The molecule has 0 atom stereocenters. The Morgan fingerprint density at radius 1 is 1.23 bits per heavy atom. The fraction of sp³-hybridized carbons (Fsp3) is 0.273. The topological polar surface area (TPSA) is 40.5 Å². The van der Waals surface area contributed by atoms with E-state index < -0.39 is 0 Å². The van der Waals surface area contributed by atoms with Crippen molar-refractivity contribution in [3.63, 3.8) is 0 Å². The van der Waals surface area contributed by atoms with E-state index in [1.165, 1.54) is 0 Å². The van der Waals surface area contributed by atoms with Crippen molar-refractivity contribution in [2.75, 3.05) is 6.61 Å². The molecule has 1 aromatic rings. The van der Waals surface area contributed by atoms with Gasteiger partial charge in [-0.3, -0.25) is 0 Å². The molecule has 68 valence electrons. The van der Waals surface area contributed by atoms with Crippen molar-refractivity contribution in [1.82, 2.24) is 0 Å². The van der Waals surface area contributed by atoms with E-state index in [0.29, 0.717) is 5.75 Å². The predicted molar refractivity (Wildman–Crippen MR) is 51.5 cm³/mol. The quantitative estimate of drug-likeness (QED) is 0.684. The van der Waals surface area contributed by atoms with Gasteiger partial charge >= 0.3 is 0 Å². The molecule has 0 amide bonds. The smallest absolute Gasteiger partial charge is 0.119 e. The van der Waals surface area contributed by atoms with Crippen LogP contribution in [0.1, 0.15) is 17.5 Å². The van der Waals surface area contributed by atoms with Gasteiger partial charge in [-0.1, -0.05) is 18.2 Å². The summed E-state index contributed by atoms with van der Waals surface area (Å²) >= 11 is 0. The van der Waals surface area contributed by atoms with Crippen LogP contribution in [0.4, 0.5) is 0 Å². The third-order valence-corrected chi connectivity index (χ3v) is 2.45. The highest BCUT2D eigenvalue weighted by molar-refractivity contribution is 5.62. The maximum Gasteiger partial charge on any atom is 0.119 e. The second kappa shape index (κ2) is 3.23. The van der Waals surface area contributed by atoms with E-state index in [-0.39, 0.29) is 6.61 Å². The van der Waals surface area contributed by atoms with Crippen LogP contribution in [0.2, 0.25) is 0 Å². The van der Waals surface area contributed by atoms with Gasteiger partial charge in [0, 0.05) is 5.56 Å². The van der Waals surface area contributed by atoms with Crippen LogP contribution in [0.5, 0.6) is 5.75 Å². The summed E-state index contributed by atoms with van der Waals surface area (Å²) in [5.41, 5.74) is 3.08. The van der Waals surface area contributed by atoms with Crippen molar-refractivity contribution in [2.24, 2.45) is 0 Å². The Morgan fingerprint density at radius 3 is 2.85 bits per heavy atom. The molecule has 2 nitrogen and oxygen atoms in total. The minimum absolute atomic E-state index is 0.120. The SMILES string of the molecule is OCC1=Cc2cccc(O)c2CC1. The van der Waals surface area contributed by atoms with Gasteiger partial charge in [0.15, 0.2) is 0 Å². The van der Waals surface area contributed by atoms with E-state index >= 15 is 0 Å². The summed E-state index contributed by atoms with van der Waals surface area (Å²) in [5, 5.41) is 18.5. The van der Waals surface area contributed by atoms with E-state index in [1.807, 2.05) is 18.2 Å². The molecule has 0 aromatic heterocycles. The number of fused-ring (bicyclic) bond motifs is 1. The maximum absolute atomic E-state index is 9.52. The number of rotatable bonds is 1. The number of phenolic OH excluding ortho intramolecular Hbond substituents is 1. The van der Waals surface area contributed by atoms with E-state index in [4.69, 9.17) is 5.11 Å². The summed E-state index contributed by atoms with van der Waals surface area (Å²) in [4.78, 5) is 0. The molecular weight excluding hydrogens is 164 g/mol. The van der Waals surface area contributed by atoms with Crippen molar-refractivity contribution in [2.45, 2.75) is 12.8 Å². The highest BCUT2D eigenvalue weighted by Crippen LogP contribution is 2.29. The molecule has 0 fully saturated rings. The number of hydrogen-bond acceptors (Lipinski definition) is 2. The lowest BCUT2D eigenvalue weighted by Crippen LogP contribution is -2.02. The van der Waals surface area contributed by atoms with Crippen molar-refractivity contribution >= 4 is 6.08 Å². The number of aliphatic hydroxyl groups is 1. The standard InChI is InChI=1S/C11H12O2/c12-7-8-4-5-10-9(6-8)2-1-3-11(10)13/h1-3,6,12-13H,4-5,7H2. The first-order valence-electron chi connectivity index (χ1n) is 4.42. The van der Waals surface area contributed by atoms with Gasteiger partial charge in [0.05, 0.1) is 6.61 Å². The van der Waals surface area contributed by atoms with Gasteiger partial charge in [-0.2, -0.15) is 0 Å². The Balaban J connectivity index is 2.47. The lowest BCUT2D eigenvalue weighted by Gasteiger charge is -2.15. The average molecular weight is 176 g/mol. The fourth-order valence-electron chi connectivity index (χ4n) is 1.70. The van der Waals surface area contributed by atoms with Gasteiger partial charge < -0.3 is 10.2 Å². The van der Waals surface area contributed by atoms with E-state index in [0.717, 1.165) is 29.5 Å². The van der Waals surface area contributed by atoms with Crippen LogP contribution in [0.25, 0.3) is 6.08 Å². The van der Waals surface area contributed by atoms with Crippen LogP contribution < -0.4 is 0 Å². The van der Waals surface area contributed by atoms with Crippen molar-refractivity contribution in [3.05, 3.63) is 34.9 Å². The number of aromatic hydroxyl groups is 1. The summed E-state index contributed by atoms with van der Waals surface area (Å²) < 4.78 is 0. The van der Waals surface area contributed by atoms with Crippen LogP contribution in [0.15, 0.2) is 23.8 Å². The Hall–Kier alpha value is -1.28. The molecule has 1 aliphatic rings. The molecule has 0 saturated carbocycles. The molecule has 13 heavy (non-hydrogen) atoms. The van der Waals surface area contributed by atoms with Gasteiger partial charge in [-0.05, 0) is 30.0 Å². The summed E-state index contributed by atoms with van der Waals surface area (Å²) in [6.07, 6.45) is 3.63. The Kier molecular flexibility index (Phi) is 2.07. The van der Waals surface area contributed by atoms with Crippen molar-refractivity contribution in [1.29, 1.82) is 0 Å². The predicted octanol–water partition coefficient (Wildman–Crippen LogP) is 1.71. The highest BCUT2D eigenvalue weighted by Gasteiger charge is 2.12. The van der Waals surface area contributed by atoms with Gasteiger partial charge in [-0.25, -0.2) is 0 Å². The molecule has 0 spiro atoms. The lowest BCUT2D eigenvalue weighted by atomic mass is 9.92. The van der Waals surface area contributed by atoms with Gasteiger partial charge in [-0.15, -0.1) is 0 Å². The second-order valence-electron chi connectivity index (χ2n) is 3.31. The molecule has 1 aliphatic carbocycles. The summed E-state index contributed by atoms with van der Waals surface area (Å²) in [6, 6.07) is 5.49. The van der Waals surface area contributed by atoms with Gasteiger partial charge in [0.2, 0.25) is 0 Å². The Morgan fingerprint density at radius 2 is 2.08 bits per heavy atom. The maximum atomic E-state index is 9.52. The molecule has 0 heterocycles. The molecule has 0 saturated heterocycles. The average Bonchev–Trinajstić information content (AvgIpc) is 2.18.